The molecule has 0 bridgehead atoms. The molecule has 0 N–H and O–H groups in total. The van der Waals surface area contributed by atoms with Gasteiger partial charge in [-0.05, 0) is 42.9 Å². The summed E-state index contributed by atoms with van der Waals surface area (Å²) in [4.78, 5) is 14.3. The van der Waals surface area contributed by atoms with Gasteiger partial charge < -0.3 is 4.90 Å². The van der Waals surface area contributed by atoms with Gasteiger partial charge in [0.25, 0.3) is 10.2 Å². The summed E-state index contributed by atoms with van der Waals surface area (Å²) in [6.07, 6.45) is 2.75. The van der Waals surface area contributed by atoms with E-state index in [0.29, 0.717) is 38.5 Å². The van der Waals surface area contributed by atoms with E-state index in [1.165, 1.54) is 20.7 Å². The van der Waals surface area contributed by atoms with Crippen LogP contribution in [0.5, 0.6) is 0 Å². The molecule has 3 rings (SSSR count). The maximum atomic E-state index is 13.0. The molecule has 1 aromatic rings. The van der Waals surface area contributed by atoms with E-state index in [1.807, 2.05) is 0 Å². The molecule has 2 aliphatic heterocycles. The summed E-state index contributed by atoms with van der Waals surface area (Å²) in [6.45, 7) is 4.37. The number of carbonyl (C=O) groups is 1. The van der Waals surface area contributed by atoms with Crippen LogP contribution in [0.15, 0.2) is 24.3 Å². The second kappa shape index (κ2) is 8.02. The van der Waals surface area contributed by atoms with Gasteiger partial charge in [-0.2, -0.15) is 17.0 Å². The number of amides is 1. The normalized spacial score (nSPS) is 24.5. The maximum absolute atomic E-state index is 13.0. The summed E-state index contributed by atoms with van der Waals surface area (Å²) in [5, 5.41) is 0. The van der Waals surface area contributed by atoms with Crippen LogP contribution in [-0.2, 0) is 21.5 Å². The van der Waals surface area contributed by atoms with Crippen molar-refractivity contribution in [1.29, 1.82) is 0 Å². The number of rotatable bonds is 4. The number of hydrogen-bond acceptors (Lipinski definition) is 3. The molecule has 0 aliphatic carbocycles. The molecule has 0 spiro atoms. The van der Waals surface area contributed by atoms with Gasteiger partial charge in [0.05, 0.1) is 6.54 Å². The zero-order valence-corrected chi connectivity index (χ0v) is 15.9. The Morgan fingerprint density at radius 3 is 2.50 bits per heavy atom. The molecular weight excluding hydrogens is 357 g/mol. The number of carbonyl (C=O) groups excluding carboxylic acids is 1. The summed E-state index contributed by atoms with van der Waals surface area (Å²) < 4.78 is 41.4. The highest BCUT2D eigenvalue weighted by Crippen LogP contribution is 2.21. The van der Waals surface area contributed by atoms with E-state index in [-0.39, 0.29) is 24.8 Å². The largest absolute Gasteiger partial charge is 0.341 e. The van der Waals surface area contributed by atoms with Crippen molar-refractivity contribution in [3.8, 4) is 0 Å². The Morgan fingerprint density at radius 1 is 1.12 bits per heavy atom. The fourth-order valence-electron chi connectivity index (χ4n) is 3.60. The van der Waals surface area contributed by atoms with Crippen LogP contribution in [0.2, 0.25) is 0 Å². The molecule has 2 heterocycles. The molecular formula is C18H26FN3O3S. The monoisotopic (exact) mass is 383 g/mol. The van der Waals surface area contributed by atoms with Crippen LogP contribution >= 0.6 is 0 Å². The van der Waals surface area contributed by atoms with Gasteiger partial charge in [-0.3, -0.25) is 4.79 Å². The van der Waals surface area contributed by atoms with Crippen molar-refractivity contribution in [2.45, 2.75) is 32.7 Å². The Kier molecular flexibility index (Phi) is 5.94. The fraction of sp³-hybridized carbons (Fsp3) is 0.611. The lowest BCUT2D eigenvalue weighted by atomic mass is 10.0. The smallest absolute Gasteiger partial charge is 0.282 e. The van der Waals surface area contributed by atoms with Crippen LogP contribution < -0.4 is 0 Å². The molecule has 6 nitrogen and oxygen atoms in total. The molecule has 2 fully saturated rings. The topological polar surface area (TPSA) is 60.9 Å². The van der Waals surface area contributed by atoms with Crippen molar-refractivity contribution >= 4 is 16.1 Å². The van der Waals surface area contributed by atoms with Crippen LogP contribution in [0.3, 0.4) is 0 Å². The van der Waals surface area contributed by atoms with Crippen molar-refractivity contribution in [3.05, 3.63) is 35.6 Å². The minimum absolute atomic E-state index is 0.102. The van der Waals surface area contributed by atoms with E-state index in [0.717, 1.165) is 18.4 Å². The Bertz CT molecular complexity index is 739. The Balaban J connectivity index is 1.66. The summed E-state index contributed by atoms with van der Waals surface area (Å²) in [6, 6.07) is 5.82. The van der Waals surface area contributed by atoms with E-state index >= 15 is 0 Å². The van der Waals surface area contributed by atoms with Gasteiger partial charge in [-0.25, -0.2) is 4.39 Å². The first-order valence-corrected chi connectivity index (χ1v) is 10.5. The number of piperidine rings is 1. The van der Waals surface area contributed by atoms with Gasteiger partial charge in [0.1, 0.15) is 5.82 Å². The van der Waals surface area contributed by atoms with E-state index < -0.39 is 10.2 Å². The standard InChI is InChI=1S/C18H26FN3O3S/c1-15-4-2-9-20(12-15)18(23)14-22-11-3-10-21(26(22,24)25)13-16-5-7-17(19)8-6-16/h5-8,15H,2-4,9-14H2,1H3/t15-/m0/s1. The second-order valence-corrected chi connectivity index (χ2v) is 9.17. The highest BCUT2D eigenvalue weighted by molar-refractivity contribution is 7.86. The Morgan fingerprint density at radius 2 is 1.81 bits per heavy atom. The number of halogens is 1. The van der Waals surface area contributed by atoms with Gasteiger partial charge in [0, 0.05) is 32.7 Å². The molecule has 0 aromatic heterocycles. The first-order valence-electron chi connectivity index (χ1n) is 9.13. The Hall–Kier alpha value is -1.51. The lowest BCUT2D eigenvalue weighted by Gasteiger charge is -2.36. The van der Waals surface area contributed by atoms with Gasteiger partial charge in [0.2, 0.25) is 5.91 Å². The quantitative estimate of drug-likeness (QED) is 0.797. The van der Waals surface area contributed by atoms with Crippen LogP contribution in [-0.4, -0.2) is 60.6 Å². The molecule has 144 valence electrons. The number of benzene rings is 1. The predicted octanol–water partition coefficient (Wildman–Crippen LogP) is 1.84. The van der Waals surface area contributed by atoms with Gasteiger partial charge in [0.15, 0.2) is 0 Å². The molecule has 1 amide bonds. The van der Waals surface area contributed by atoms with Gasteiger partial charge in [-0.15, -0.1) is 0 Å². The zero-order valence-electron chi connectivity index (χ0n) is 15.1. The zero-order chi connectivity index (χ0) is 18.7. The third kappa shape index (κ3) is 4.42. The molecule has 0 saturated carbocycles. The molecule has 1 aromatic carbocycles. The van der Waals surface area contributed by atoms with Crippen LogP contribution in [0.1, 0.15) is 31.7 Å². The number of likely N-dealkylation sites (tertiary alicyclic amines) is 1. The van der Waals surface area contributed by atoms with Crippen molar-refractivity contribution in [3.63, 3.8) is 0 Å². The SMILES string of the molecule is C[C@H]1CCCN(C(=O)CN2CCCN(Cc3ccc(F)cc3)S2(=O)=O)C1. The van der Waals surface area contributed by atoms with Gasteiger partial charge >= 0.3 is 0 Å². The van der Waals surface area contributed by atoms with Gasteiger partial charge in [-0.1, -0.05) is 19.1 Å². The average molecular weight is 383 g/mol. The third-order valence-corrected chi connectivity index (χ3v) is 6.99. The molecule has 1 atom stereocenters. The fourth-order valence-corrected chi connectivity index (χ4v) is 5.23. The van der Waals surface area contributed by atoms with Crippen molar-refractivity contribution in [2.75, 3.05) is 32.7 Å². The minimum atomic E-state index is -3.69. The third-order valence-electron chi connectivity index (χ3n) is 5.06. The summed E-state index contributed by atoms with van der Waals surface area (Å²) in [7, 11) is -3.69. The predicted molar refractivity (Wildman–Crippen MR) is 96.9 cm³/mol. The van der Waals surface area contributed by atoms with Crippen molar-refractivity contribution in [2.24, 2.45) is 5.92 Å². The maximum Gasteiger partial charge on any atom is 0.282 e. The molecule has 0 radical (unpaired) electrons. The lowest BCUT2D eigenvalue weighted by Crippen LogP contribution is -2.53. The molecule has 0 unspecified atom stereocenters. The molecule has 2 aliphatic rings. The van der Waals surface area contributed by atoms with Crippen LogP contribution in [0.4, 0.5) is 4.39 Å². The molecule has 8 heteroatoms. The van der Waals surface area contributed by atoms with E-state index in [4.69, 9.17) is 0 Å². The summed E-state index contributed by atoms with van der Waals surface area (Å²) in [5.74, 6) is -0.0115. The van der Waals surface area contributed by atoms with Crippen LogP contribution in [0, 0.1) is 11.7 Å². The average Bonchev–Trinajstić information content (AvgIpc) is 2.60. The summed E-state index contributed by atoms with van der Waals surface area (Å²) in [5.41, 5.74) is 0.730. The summed E-state index contributed by atoms with van der Waals surface area (Å²) >= 11 is 0. The van der Waals surface area contributed by atoms with E-state index in [1.54, 1.807) is 17.0 Å². The van der Waals surface area contributed by atoms with Crippen LogP contribution in [0.25, 0.3) is 0 Å². The minimum Gasteiger partial charge on any atom is -0.341 e. The Labute approximate surface area is 154 Å². The highest BCUT2D eigenvalue weighted by atomic mass is 32.2. The van der Waals surface area contributed by atoms with Crippen molar-refractivity contribution < 1.29 is 17.6 Å². The lowest BCUT2D eigenvalue weighted by molar-refractivity contribution is -0.133. The first-order chi connectivity index (χ1) is 12.4. The second-order valence-electron chi connectivity index (χ2n) is 7.24. The van der Waals surface area contributed by atoms with Crippen molar-refractivity contribution in [1.82, 2.24) is 13.5 Å². The first kappa shape index (κ1) is 19.3. The molecule has 26 heavy (non-hydrogen) atoms. The number of hydrogen-bond donors (Lipinski definition) is 0. The highest BCUT2D eigenvalue weighted by Gasteiger charge is 2.36. The molecule has 2 saturated heterocycles. The number of nitrogens with zero attached hydrogens (tertiary/aromatic N) is 3. The van der Waals surface area contributed by atoms with E-state index in [2.05, 4.69) is 6.92 Å². The van der Waals surface area contributed by atoms with E-state index in [9.17, 15) is 17.6 Å².